The van der Waals surface area contributed by atoms with Gasteiger partial charge in [0.25, 0.3) is 5.56 Å². The van der Waals surface area contributed by atoms with E-state index in [1.54, 1.807) is 0 Å². The van der Waals surface area contributed by atoms with Crippen LogP contribution in [0.3, 0.4) is 0 Å². The van der Waals surface area contributed by atoms with E-state index in [-0.39, 0.29) is 18.9 Å². The van der Waals surface area contributed by atoms with Crippen molar-refractivity contribution in [1.82, 2.24) is 9.55 Å². The Morgan fingerprint density at radius 2 is 2.04 bits per heavy atom. The monoisotopic (exact) mass is 336 g/mol. The molecule has 7 heteroatoms. The molecule has 3 atom stereocenters. The molecule has 132 valence electrons. The van der Waals surface area contributed by atoms with Gasteiger partial charge in [-0.1, -0.05) is 25.8 Å². The molecule has 1 aromatic heterocycles. The van der Waals surface area contributed by atoms with Crippen LogP contribution in [-0.4, -0.2) is 38.6 Å². The van der Waals surface area contributed by atoms with E-state index < -0.39 is 29.7 Å². The minimum Gasteiger partial charge on any atom is -0.394 e. The van der Waals surface area contributed by atoms with Gasteiger partial charge in [0.2, 0.25) is 0 Å². The fraction of sp³-hybridized carbons (Fsp3) is 0.647. The third-order valence-corrected chi connectivity index (χ3v) is 5.11. The molecule has 7 nitrogen and oxygen atoms in total. The molecule has 2 aliphatic rings. The summed E-state index contributed by atoms with van der Waals surface area (Å²) in [5, 5.41) is 19.0. The van der Waals surface area contributed by atoms with Crippen molar-refractivity contribution in [2.75, 3.05) is 6.61 Å². The Labute approximate surface area is 139 Å². The maximum atomic E-state index is 12.2. The van der Waals surface area contributed by atoms with Gasteiger partial charge in [-0.2, -0.15) is 0 Å². The second-order valence-electron chi connectivity index (χ2n) is 6.68. The van der Waals surface area contributed by atoms with Crippen LogP contribution in [0.15, 0.2) is 22.4 Å². The summed E-state index contributed by atoms with van der Waals surface area (Å²) in [4.78, 5) is 26.7. The van der Waals surface area contributed by atoms with Gasteiger partial charge in [-0.15, -0.1) is 0 Å². The van der Waals surface area contributed by atoms with Crippen molar-refractivity contribution in [3.05, 3.63) is 39.2 Å². The van der Waals surface area contributed by atoms with Gasteiger partial charge in [-0.3, -0.25) is 14.3 Å². The van der Waals surface area contributed by atoms with Gasteiger partial charge in [0.05, 0.1) is 18.3 Å². The fourth-order valence-corrected chi connectivity index (χ4v) is 3.65. The van der Waals surface area contributed by atoms with E-state index in [0.717, 1.165) is 31.3 Å². The van der Waals surface area contributed by atoms with E-state index in [0.29, 0.717) is 5.56 Å². The first-order chi connectivity index (χ1) is 11.5. The van der Waals surface area contributed by atoms with Crippen molar-refractivity contribution >= 4 is 5.57 Å². The molecule has 1 aliphatic heterocycles. The van der Waals surface area contributed by atoms with Gasteiger partial charge < -0.3 is 14.9 Å². The number of ether oxygens (including phenoxy) is 1. The number of aliphatic hydroxyl groups excluding tert-OH is 2. The summed E-state index contributed by atoms with van der Waals surface area (Å²) in [6.07, 6.45) is 4.85. The fourth-order valence-electron chi connectivity index (χ4n) is 3.65. The number of allylic oxidation sites excluding steroid dienone is 1. The molecular weight excluding hydrogens is 312 g/mol. The molecule has 1 aromatic rings. The predicted octanol–water partition coefficient (Wildman–Crippen LogP) is 0.771. The Hall–Kier alpha value is -1.70. The summed E-state index contributed by atoms with van der Waals surface area (Å²) in [7, 11) is 0. The first-order valence-electron chi connectivity index (χ1n) is 8.50. The van der Waals surface area contributed by atoms with Crippen molar-refractivity contribution in [2.24, 2.45) is 5.92 Å². The Morgan fingerprint density at radius 1 is 1.33 bits per heavy atom. The minimum absolute atomic E-state index is 0.187. The average molecular weight is 336 g/mol. The number of hydrogen-bond donors (Lipinski definition) is 3. The lowest BCUT2D eigenvalue weighted by atomic mass is 9.82. The highest BCUT2D eigenvalue weighted by Crippen LogP contribution is 2.33. The van der Waals surface area contributed by atoms with Gasteiger partial charge in [-0.05, 0) is 24.3 Å². The second-order valence-corrected chi connectivity index (χ2v) is 6.68. The molecule has 1 saturated heterocycles. The van der Waals surface area contributed by atoms with Gasteiger partial charge in [0.1, 0.15) is 12.3 Å². The average Bonchev–Trinajstić information content (AvgIpc) is 2.96. The number of hydrogen-bond acceptors (Lipinski definition) is 5. The molecule has 24 heavy (non-hydrogen) atoms. The predicted molar refractivity (Wildman–Crippen MR) is 88.6 cm³/mol. The second kappa shape index (κ2) is 7.04. The smallest absolute Gasteiger partial charge is 0.330 e. The van der Waals surface area contributed by atoms with Crippen LogP contribution in [0.25, 0.3) is 5.57 Å². The van der Waals surface area contributed by atoms with E-state index in [1.807, 2.05) is 0 Å². The molecule has 2 fully saturated rings. The maximum absolute atomic E-state index is 12.2. The largest absolute Gasteiger partial charge is 0.394 e. The molecule has 1 saturated carbocycles. The Balaban J connectivity index is 1.90. The SMILES string of the molecule is C=C(c1cn([C@H]2C[C@H](O)[C@@H](CO)O2)c(=O)[nH]c1=O)C1CCCCC1. The van der Waals surface area contributed by atoms with Crippen molar-refractivity contribution in [2.45, 2.75) is 57.0 Å². The lowest BCUT2D eigenvalue weighted by Gasteiger charge is -2.24. The minimum atomic E-state index is -0.844. The summed E-state index contributed by atoms with van der Waals surface area (Å²) < 4.78 is 6.80. The van der Waals surface area contributed by atoms with Crippen LogP contribution >= 0.6 is 0 Å². The maximum Gasteiger partial charge on any atom is 0.330 e. The zero-order chi connectivity index (χ0) is 17.3. The van der Waals surface area contributed by atoms with Crippen LogP contribution in [0, 0.1) is 5.92 Å². The van der Waals surface area contributed by atoms with E-state index in [9.17, 15) is 19.8 Å². The van der Waals surface area contributed by atoms with Crippen molar-refractivity contribution in [3.8, 4) is 0 Å². The molecule has 0 bridgehead atoms. The molecular formula is C17H24N2O5. The molecule has 3 N–H and O–H groups in total. The molecule has 0 unspecified atom stereocenters. The van der Waals surface area contributed by atoms with Crippen LogP contribution in [0.2, 0.25) is 0 Å². The zero-order valence-electron chi connectivity index (χ0n) is 13.6. The first kappa shape index (κ1) is 17.1. The Kier molecular flexibility index (Phi) is 5.03. The lowest BCUT2D eigenvalue weighted by Crippen LogP contribution is -2.34. The van der Waals surface area contributed by atoms with Crippen LogP contribution in [-0.2, 0) is 4.74 Å². The quantitative estimate of drug-likeness (QED) is 0.753. The number of nitrogens with zero attached hydrogens (tertiary/aromatic N) is 1. The summed E-state index contributed by atoms with van der Waals surface area (Å²) in [5.74, 6) is 0.256. The molecule has 0 radical (unpaired) electrons. The Bertz CT molecular complexity index is 716. The third kappa shape index (κ3) is 3.24. The standard InChI is InChI=1S/C17H24N2O5/c1-10(11-5-3-2-4-6-11)12-8-19(17(23)18-16(12)22)15-7-13(21)14(9-20)24-15/h8,11,13-15,20-21H,1-7,9H2,(H,18,22,23)/t13-,14+,15+/m0/s1. The molecule has 0 amide bonds. The summed E-state index contributed by atoms with van der Waals surface area (Å²) in [5.41, 5.74) is 0.119. The summed E-state index contributed by atoms with van der Waals surface area (Å²) in [6.45, 7) is 3.77. The van der Waals surface area contributed by atoms with Gasteiger partial charge in [-0.25, -0.2) is 4.79 Å². The van der Waals surface area contributed by atoms with Crippen molar-refractivity contribution in [1.29, 1.82) is 0 Å². The molecule has 1 aliphatic carbocycles. The van der Waals surface area contributed by atoms with Crippen molar-refractivity contribution < 1.29 is 14.9 Å². The van der Waals surface area contributed by atoms with Gasteiger partial charge >= 0.3 is 5.69 Å². The lowest BCUT2D eigenvalue weighted by molar-refractivity contribution is -0.0459. The van der Waals surface area contributed by atoms with Crippen LogP contribution in [0.5, 0.6) is 0 Å². The van der Waals surface area contributed by atoms with E-state index in [4.69, 9.17) is 4.74 Å². The highest BCUT2D eigenvalue weighted by Gasteiger charge is 2.35. The van der Waals surface area contributed by atoms with E-state index in [2.05, 4.69) is 11.6 Å². The first-order valence-corrected chi connectivity index (χ1v) is 8.50. The third-order valence-electron chi connectivity index (χ3n) is 5.11. The summed E-state index contributed by atoms with van der Waals surface area (Å²) in [6, 6.07) is 0. The van der Waals surface area contributed by atoms with E-state index >= 15 is 0 Å². The van der Waals surface area contributed by atoms with Crippen molar-refractivity contribution in [3.63, 3.8) is 0 Å². The van der Waals surface area contributed by atoms with Gasteiger partial charge in [0, 0.05) is 12.6 Å². The number of aromatic nitrogens is 2. The topological polar surface area (TPSA) is 105 Å². The molecule has 0 aromatic carbocycles. The normalized spacial score (nSPS) is 28.2. The molecule has 3 rings (SSSR count). The van der Waals surface area contributed by atoms with E-state index in [1.165, 1.54) is 17.2 Å². The van der Waals surface area contributed by atoms with Crippen LogP contribution in [0.1, 0.15) is 50.3 Å². The number of H-pyrrole nitrogens is 1. The Morgan fingerprint density at radius 3 is 2.67 bits per heavy atom. The summed E-state index contributed by atoms with van der Waals surface area (Å²) >= 11 is 0. The highest BCUT2D eigenvalue weighted by atomic mass is 16.5. The number of aromatic amines is 1. The number of rotatable bonds is 4. The van der Waals surface area contributed by atoms with Crippen LogP contribution in [0.4, 0.5) is 0 Å². The van der Waals surface area contributed by atoms with Gasteiger partial charge in [0.15, 0.2) is 0 Å². The molecule has 2 heterocycles. The number of nitrogens with one attached hydrogen (secondary N) is 1. The number of aliphatic hydroxyl groups is 2. The van der Waals surface area contributed by atoms with Crippen LogP contribution < -0.4 is 11.2 Å². The highest BCUT2D eigenvalue weighted by molar-refractivity contribution is 5.63. The molecule has 0 spiro atoms. The zero-order valence-corrected chi connectivity index (χ0v) is 13.6.